The van der Waals surface area contributed by atoms with Crippen LogP contribution in [0.4, 0.5) is 0 Å². The van der Waals surface area contributed by atoms with Crippen LogP contribution in [0.3, 0.4) is 0 Å². The van der Waals surface area contributed by atoms with Gasteiger partial charge in [0.05, 0.1) is 23.5 Å². The van der Waals surface area contributed by atoms with Crippen LogP contribution in [0.2, 0.25) is 0 Å². The molecule has 0 atom stereocenters. The van der Waals surface area contributed by atoms with E-state index in [1.54, 1.807) is 19.0 Å². The molecule has 0 saturated heterocycles. The van der Waals surface area contributed by atoms with Crippen LogP contribution < -0.4 is 0 Å². The van der Waals surface area contributed by atoms with Crippen molar-refractivity contribution in [2.75, 3.05) is 14.1 Å². The van der Waals surface area contributed by atoms with E-state index in [9.17, 15) is 4.79 Å². The van der Waals surface area contributed by atoms with Crippen LogP contribution >= 0.6 is 0 Å². The maximum atomic E-state index is 11.6. The molecule has 104 valence electrons. The minimum absolute atomic E-state index is 0.122. The van der Waals surface area contributed by atoms with Gasteiger partial charge in [-0.2, -0.15) is 5.26 Å². The van der Waals surface area contributed by atoms with E-state index in [4.69, 9.17) is 5.26 Å². The van der Waals surface area contributed by atoms with Gasteiger partial charge < -0.3 is 9.47 Å². The molecule has 0 saturated carbocycles. The molecule has 0 N–H and O–H groups in total. The molecule has 0 spiro atoms. The van der Waals surface area contributed by atoms with Crippen molar-refractivity contribution in [3.05, 3.63) is 30.1 Å². The molecule has 1 amide bonds. The van der Waals surface area contributed by atoms with Crippen LogP contribution in [-0.2, 0) is 17.8 Å². The van der Waals surface area contributed by atoms with Crippen molar-refractivity contribution in [3.63, 3.8) is 0 Å². The fourth-order valence-electron chi connectivity index (χ4n) is 2.19. The molecular formula is C15H18N4O. The van der Waals surface area contributed by atoms with E-state index in [2.05, 4.69) is 11.1 Å². The van der Waals surface area contributed by atoms with Gasteiger partial charge in [-0.3, -0.25) is 4.79 Å². The van der Waals surface area contributed by atoms with Crippen molar-refractivity contribution in [3.8, 4) is 6.07 Å². The highest BCUT2D eigenvalue weighted by atomic mass is 16.2. The number of hydrogen-bond donors (Lipinski definition) is 0. The predicted octanol–water partition coefficient (Wildman–Crippen LogP) is 1.97. The van der Waals surface area contributed by atoms with Gasteiger partial charge in [0.25, 0.3) is 0 Å². The summed E-state index contributed by atoms with van der Waals surface area (Å²) in [6.45, 7) is 0.705. The Kier molecular flexibility index (Phi) is 4.36. The number of nitrogens with zero attached hydrogens (tertiary/aromatic N) is 4. The fourth-order valence-corrected chi connectivity index (χ4v) is 2.19. The lowest BCUT2D eigenvalue weighted by atomic mass is 10.2. The number of amides is 1. The second kappa shape index (κ2) is 6.20. The SMILES string of the molecule is CN(C)C(=O)CCCn1c(CC#N)nc2ccccc21. The third kappa shape index (κ3) is 2.97. The number of rotatable bonds is 5. The number of nitriles is 1. The van der Waals surface area contributed by atoms with E-state index in [-0.39, 0.29) is 12.3 Å². The lowest BCUT2D eigenvalue weighted by Gasteiger charge is -2.11. The van der Waals surface area contributed by atoms with Gasteiger partial charge in [0.1, 0.15) is 5.82 Å². The summed E-state index contributed by atoms with van der Waals surface area (Å²) >= 11 is 0. The maximum Gasteiger partial charge on any atom is 0.222 e. The molecule has 2 aromatic rings. The standard InChI is InChI=1S/C15H18N4O/c1-18(2)15(20)8-5-11-19-13-7-4-3-6-12(13)17-14(19)9-10-16/h3-4,6-7H,5,8-9,11H2,1-2H3. The summed E-state index contributed by atoms with van der Waals surface area (Å²) in [7, 11) is 3.52. The van der Waals surface area contributed by atoms with E-state index < -0.39 is 0 Å². The molecule has 0 aliphatic rings. The van der Waals surface area contributed by atoms with Gasteiger partial charge in [0.15, 0.2) is 0 Å². The molecule has 5 nitrogen and oxygen atoms in total. The highest BCUT2D eigenvalue weighted by molar-refractivity contribution is 5.76. The molecule has 1 aromatic carbocycles. The number of benzene rings is 1. The van der Waals surface area contributed by atoms with E-state index in [0.717, 1.165) is 23.3 Å². The molecule has 0 unspecified atom stereocenters. The molecule has 5 heteroatoms. The first kappa shape index (κ1) is 14.1. The van der Waals surface area contributed by atoms with Crippen LogP contribution in [0.25, 0.3) is 11.0 Å². The number of imidazole rings is 1. The number of carbonyl (C=O) groups is 1. The summed E-state index contributed by atoms with van der Waals surface area (Å²) in [5.41, 5.74) is 1.92. The number of para-hydroxylation sites is 2. The Morgan fingerprint density at radius 1 is 1.40 bits per heavy atom. The van der Waals surface area contributed by atoms with Crippen LogP contribution in [-0.4, -0.2) is 34.5 Å². The first-order valence-electron chi connectivity index (χ1n) is 6.64. The summed E-state index contributed by atoms with van der Waals surface area (Å²) < 4.78 is 2.04. The number of carbonyl (C=O) groups excluding carboxylic acids is 1. The van der Waals surface area contributed by atoms with Gasteiger partial charge in [0.2, 0.25) is 5.91 Å². The lowest BCUT2D eigenvalue weighted by molar-refractivity contribution is -0.128. The lowest BCUT2D eigenvalue weighted by Crippen LogP contribution is -2.21. The highest BCUT2D eigenvalue weighted by Crippen LogP contribution is 2.17. The predicted molar refractivity (Wildman–Crippen MR) is 77.0 cm³/mol. The Morgan fingerprint density at radius 3 is 2.85 bits per heavy atom. The van der Waals surface area contributed by atoms with Crippen LogP contribution in [0.5, 0.6) is 0 Å². The first-order chi connectivity index (χ1) is 9.63. The van der Waals surface area contributed by atoms with Gasteiger partial charge in [-0.05, 0) is 18.6 Å². The van der Waals surface area contributed by atoms with Gasteiger partial charge >= 0.3 is 0 Å². The normalized spacial score (nSPS) is 10.4. The molecule has 0 fully saturated rings. The molecular weight excluding hydrogens is 252 g/mol. The zero-order valence-corrected chi connectivity index (χ0v) is 11.8. The summed E-state index contributed by atoms with van der Waals surface area (Å²) in [4.78, 5) is 17.7. The third-order valence-electron chi connectivity index (χ3n) is 3.24. The Balaban J connectivity index is 2.17. The molecule has 0 bridgehead atoms. The van der Waals surface area contributed by atoms with Crippen molar-refractivity contribution in [2.24, 2.45) is 0 Å². The summed E-state index contributed by atoms with van der Waals surface area (Å²) in [5, 5.41) is 8.89. The van der Waals surface area contributed by atoms with Gasteiger partial charge in [-0.1, -0.05) is 12.1 Å². The largest absolute Gasteiger partial charge is 0.349 e. The van der Waals surface area contributed by atoms with E-state index >= 15 is 0 Å². The topological polar surface area (TPSA) is 61.9 Å². The molecule has 2 rings (SSSR count). The average Bonchev–Trinajstić information content (AvgIpc) is 2.77. The molecule has 0 aliphatic heterocycles. The van der Waals surface area contributed by atoms with E-state index in [0.29, 0.717) is 13.0 Å². The zero-order valence-electron chi connectivity index (χ0n) is 11.8. The Morgan fingerprint density at radius 2 is 2.15 bits per heavy atom. The van der Waals surface area contributed by atoms with Crippen LogP contribution in [0.15, 0.2) is 24.3 Å². The quantitative estimate of drug-likeness (QED) is 0.834. The zero-order chi connectivity index (χ0) is 14.5. The van der Waals surface area contributed by atoms with Gasteiger partial charge in [-0.25, -0.2) is 4.98 Å². The van der Waals surface area contributed by atoms with Crippen molar-refractivity contribution >= 4 is 16.9 Å². The van der Waals surface area contributed by atoms with E-state index in [1.165, 1.54) is 0 Å². The Hall–Kier alpha value is -2.35. The summed E-state index contributed by atoms with van der Waals surface area (Å²) in [6, 6.07) is 9.98. The molecule has 0 radical (unpaired) electrons. The average molecular weight is 270 g/mol. The van der Waals surface area contributed by atoms with Crippen molar-refractivity contribution in [1.29, 1.82) is 5.26 Å². The number of aryl methyl sites for hydroxylation is 1. The van der Waals surface area contributed by atoms with Crippen LogP contribution in [0.1, 0.15) is 18.7 Å². The second-order valence-electron chi connectivity index (χ2n) is 4.89. The van der Waals surface area contributed by atoms with Crippen molar-refractivity contribution in [2.45, 2.75) is 25.8 Å². The van der Waals surface area contributed by atoms with Crippen molar-refractivity contribution < 1.29 is 4.79 Å². The Bertz CT molecular complexity index is 651. The van der Waals surface area contributed by atoms with Crippen molar-refractivity contribution in [1.82, 2.24) is 14.5 Å². The minimum atomic E-state index is 0.122. The highest BCUT2D eigenvalue weighted by Gasteiger charge is 2.11. The Labute approximate surface area is 118 Å². The van der Waals surface area contributed by atoms with Gasteiger partial charge in [-0.15, -0.1) is 0 Å². The summed E-state index contributed by atoms with van der Waals surface area (Å²) in [6.07, 6.45) is 1.54. The monoisotopic (exact) mass is 270 g/mol. The van der Waals surface area contributed by atoms with Crippen LogP contribution in [0, 0.1) is 11.3 Å². The van der Waals surface area contributed by atoms with E-state index in [1.807, 2.05) is 28.8 Å². The third-order valence-corrected chi connectivity index (χ3v) is 3.24. The minimum Gasteiger partial charge on any atom is -0.349 e. The maximum absolute atomic E-state index is 11.6. The summed E-state index contributed by atoms with van der Waals surface area (Å²) in [5.74, 6) is 0.891. The number of hydrogen-bond acceptors (Lipinski definition) is 3. The molecule has 0 aliphatic carbocycles. The second-order valence-corrected chi connectivity index (χ2v) is 4.89. The number of fused-ring (bicyclic) bond motifs is 1. The van der Waals surface area contributed by atoms with Gasteiger partial charge in [0, 0.05) is 27.1 Å². The fraction of sp³-hybridized carbons (Fsp3) is 0.400. The molecule has 20 heavy (non-hydrogen) atoms. The smallest absolute Gasteiger partial charge is 0.222 e. The molecule has 1 heterocycles. The molecule has 1 aromatic heterocycles. The number of aromatic nitrogens is 2. The first-order valence-corrected chi connectivity index (χ1v) is 6.64.